The Morgan fingerprint density at radius 3 is 2.36 bits per heavy atom. The third kappa shape index (κ3) is 3.62. The van der Waals surface area contributed by atoms with Crippen LogP contribution in [0.2, 0.25) is 5.02 Å². The molecule has 1 rings (SSSR count). The fourth-order valence-electron chi connectivity index (χ4n) is 0.799. The molecule has 3 nitrogen and oxygen atoms in total. The van der Waals surface area contributed by atoms with Gasteiger partial charge in [0.15, 0.2) is 0 Å². The van der Waals surface area contributed by atoms with Crippen molar-refractivity contribution in [2.75, 3.05) is 7.11 Å². The van der Waals surface area contributed by atoms with Gasteiger partial charge in [-0.25, -0.2) is 4.79 Å². The number of hydrogen-bond donors (Lipinski definition) is 1. The summed E-state index contributed by atoms with van der Waals surface area (Å²) in [4.78, 5) is 10.5. The Hall–Kier alpha value is -0.640. The second-order valence-corrected chi connectivity index (χ2v) is 2.56. The standard InChI is InChI=1S/C8H7ClO3.2ClH/c1-12-7-3-2-5(8(10)11)4-6(7)9;;/h2-4H,1H3,(H,10,11);2*1H. The van der Waals surface area contributed by atoms with Crippen LogP contribution in [0.3, 0.4) is 0 Å². The van der Waals surface area contributed by atoms with Crippen molar-refractivity contribution in [3.8, 4) is 5.75 Å². The normalized spacial score (nSPS) is 8.14. The number of hydrogen-bond acceptors (Lipinski definition) is 2. The van der Waals surface area contributed by atoms with E-state index in [9.17, 15) is 4.79 Å². The van der Waals surface area contributed by atoms with E-state index in [0.717, 1.165) is 0 Å². The quantitative estimate of drug-likeness (QED) is 0.888. The first-order valence-corrected chi connectivity index (χ1v) is 3.60. The van der Waals surface area contributed by atoms with Crippen LogP contribution in [-0.2, 0) is 0 Å². The van der Waals surface area contributed by atoms with Crippen molar-refractivity contribution in [1.82, 2.24) is 0 Å². The van der Waals surface area contributed by atoms with Crippen LogP contribution in [0, 0.1) is 0 Å². The molecule has 0 amide bonds. The molecule has 0 spiro atoms. The van der Waals surface area contributed by atoms with Gasteiger partial charge in [-0.2, -0.15) is 0 Å². The lowest BCUT2D eigenvalue weighted by atomic mass is 10.2. The van der Waals surface area contributed by atoms with Gasteiger partial charge in [0.05, 0.1) is 17.7 Å². The minimum Gasteiger partial charge on any atom is -0.495 e. The average Bonchev–Trinajstić information content (AvgIpc) is 2.04. The Kier molecular flexibility index (Phi) is 7.64. The number of ether oxygens (including phenoxy) is 1. The zero-order chi connectivity index (χ0) is 9.14. The van der Waals surface area contributed by atoms with Gasteiger partial charge in [-0.05, 0) is 18.2 Å². The topological polar surface area (TPSA) is 46.5 Å². The molecule has 6 heteroatoms. The molecule has 0 atom stereocenters. The van der Waals surface area contributed by atoms with Gasteiger partial charge in [0.25, 0.3) is 0 Å². The molecular formula is C8H9Cl3O3. The highest BCUT2D eigenvalue weighted by Gasteiger charge is 2.06. The number of methoxy groups -OCH3 is 1. The van der Waals surface area contributed by atoms with Gasteiger partial charge < -0.3 is 9.84 Å². The molecule has 0 aliphatic carbocycles. The van der Waals surface area contributed by atoms with Crippen molar-refractivity contribution in [3.63, 3.8) is 0 Å². The van der Waals surface area contributed by atoms with E-state index in [1.807, 2.05) is 0 Å². The van der Waals surface area contributed by atoms with E-state index in [1.54, 1.807) is 0 Å². The molecule has 14 heavy (non-hydrogen) atoms. The van der Waals surface area contributed by atoms with Gasteiger partial charge in [-0.3, -0.25) is 0 Å². The molecule has 1 N–H and O–H groups in total. The Bertz CT molecular complexity index is 315. The number of aromatic carboxylic acids is 1. The largest absolute Gasteiger partial charge is 0.495 e. The minimum atomic E-state index is -1.00. The highest BCUT2D eigenvalue weighted by molar-refractivity contribution is 6.32. The molecule has 0 heterocycles. The van der Waals surface area contributed by atoms with Crippen LogP contribution in [0.4, 0.5) is 0 Å². The van der Waals surface area contributed by atoms with Crippen LogP contribution in [0.25, 0.3) is 0 Å². The molecule has 0 saturated carbocycles. The second-order valence-electron chi connectivity index (χ2n) is 2.15. The lowest BCUT2D eigenvalue weighted by Gasteiger charge is -2.02. The molecule has 0 aliphatic heterocycles. The number of carboxylic acid groups (broad SMARTS) is 1. The lowest BCUT2D eigenvalue weighted by Crippen LogP contribution is -1.96. The minimum absolute atomic E-state index is 0. The van der Waals surface area contributed by atoms with E-state index in [0.29, 0.717) is 10.8 Å². The van der Waals surface area contributed by atoms with Crippen LogP contribution in [0.1, 0.15) is 10.4 Å². The number of halogens is 3. The van der Waals surface area contributed by atoms with E-state index < -0.39 is 5.97 Å². The van der Waals surface area contributed by atoms with Crippen molar-refractivity contribution in [3.05, 3.63) is 28.8 Å². The van der Waals surface area contributed by atoms with Gasteiger partial charge in [0.2, 0.25) is 0 Å². The van der Waals surface area contributed by atoms with Gasteiger partial charge in [-0.15, -0.1) is 24.8 Å². The van der Waals surface area contributed by atoms with Gasteiger partial charge in [0.1, 0.15) is 5.75 Å². The molecule has 80 valence electrons. The maximum Gasteiger partial charge on any atom is 0.335 e. The van der Waals surface area contributed by atoms with E-state index >= 15 is 0 Å². The predicted molar refractivity (Wildman–Crippen MR) is 59.5 cm³/mol. The first-order chi connectivity index (χ1) is 5.65. The average molecular weight is 260 g/mol. The fourth-order valence-corrected chi connectivity index (χ4v) is 1.06. The summed E-state index contributed by atoms with van der Waals surface area (Å²) in [7, 11) is 1.47. The summed E-state index contributed by atoms with van der Waals surface area (Å²) in [6, 6.07) is 4.31. The Labute approximate surface area is 98.8 Å². The van der Waals surface area contributed by atoms with Gasteiger partial charge in [0, 0.05) is 0 Å². The maximum atomic E-state index is 10.5. The van der Waals surface area contributed by atoms with Crippen molar-refractivity contribution >= 4 is 42.4 Å². The first kappa shape index (κ1) is 15.8. The summed E-state index contributed by atoms with van der Waals surface area (Å²) < 4.78 is 4.85. The molecule has 1 aromatic carbocycles. The Morgan fingerprint density at radius 2 is 2.00 bits per heavy atom. The smallest absolute Gasteiger partial charge is 0.335 e. The van der Waals surface area contributed by atoms with Crippen molar-refractivity contribution in [2.24, 2.45) is 0 Å². The van der Waals surface area contributed by atoms with Crippen LogP contribution < -0.4 is 4.74 Å². The highest BCUT2D eigenvalue weighted by Crippen LogP contribution is 2.24. The molecule has 0 aliphatic rings. The predicted octanol–water partition coefficient (Wildman–Crippen LogP) is 2.89. The SMILES string of the molecule is COc1ccc(C(=O)O)cc1Cl.Cl.Cl. The Balaban J connectivity index is 0. The second kappa shape index (κ2) is 6.76. The van der Waals surface area contributed by atoms with Gasteiger partial charge in [-0.1, -0.05) is 11.6 Å². The highest BCUT2D eigenvalue weighted by atomic mass is 35.5. The molecule has 0 fully saturated rings. The van der Waals surface area contributed by atoms with Crippen LogP contribution in [0.5, 0.6) is 5.75 Å². The number of benzene rings is 1. The van der Waals surface area contributed by atoms with E-state index in [1.165, 1.54) is 25.3 Å². The summed E-state index contributed by atoms with van der Waals surface area (Å²) >= 11 is 5.69. The van der Waals surface area contributed by atoms with Crippen LogP contribution >= 0.6 is 36.4 Å². The molecule has 0 aromatic heterocycles. The van der Waals surface area contributed by atoms with Crippen LogP contribution in [-0.4, -0.2) is 18.2 Å². The summed E-state index contributed by atoms with van der Waals surface area (Å²) in [5.74, 6) is -0.527. The zero-order valence-electron chi connectivity index (χ0n) is 7.19. The summed E-state index contributed by atoms with van der Waals surface area (Å²) in [6.07, 6.45) is 0. The summed E-state index contributed by atoms with van der Waals surface area (Å²) in [5.41, 5.74) is 0.154. The van der Waals surface area contributed by atoms with E-state index in [4.69, 9.17) is 21.4 Å². The maximum absolute atomic E-state index is 10.5. The third-order valence-corrected chi connectivity index (χ3v) is 1.69. The molecule has 0 saturated heterocycles. The molecule has 0 bridgehead atoms. The number of carboxylic acids is 1. The van der Waals surface area contributed by atoms with Crippen molar-refractivity contribution in [1.29, 1.82) is 0 Å². The van der Waals surface area contributed by atoms with Gasteiger partial charge >= 0.3 is 5.97 Å². The monoisotopic (exact) mass is 258 g/mol. The third-order valence-electron chi connectivity index (χ3n) is 1.40. The number of rotatable bonds is 2. The van der Waals surface area contributed by atoms with Crippen LogP contribution in [0.15, 0.2) is 18.2 Å². The summed E-state index contributed by atoms with van der Waals surface area (Å²) in [5, 5.41) is 8.88. The van der Waals surface area contributed by atoms with E-state index in [-0.39, 0.29) is 30.4 Å². The van der Waals surface area contributed by atoms with E-state index in [2.05, 4.69) is 0 Å². The summed E-state index contributed by atoms with van der Waals surface area (Å²) in [6.45, 7) is 0. The molecule has 0 unspecified atom stereocenters. The first-order valence-electron chi connectivity index (χ1n) is 3.22. The molecule has 0 radical (unpaired) electrons. The number of carbonyl (C=O) groups is 1. The molecule has 1 aromatic rings. The molecular weight excluding hydrogens is 250 g/mol. The fraction of sp³-hybridized carbons (Fsp3) is 0.125. The Morgan fingerprint density at radius 1 is 1.43 bits per heavy atom. The van der Waals surface area contributed by atoms with Crippen molar-refractivity contribution in [2.45, 2.75) is 0 Å². The van der Waals surface area contributed by atoms with Crippen molar-refractivity contribution < 1.29 is 14.6 Å². The lowest BCUT2D eigenvalue weighted by molar-refractivity contribution is 0.0697. The zero-order valence-corrected chi connectivity index (χ0v) is 9.58.